The lowest BCUT2D eigenvalue weighted by Crippen LogP contribution is -2.42. The largest absolute Gasteiger partial charge is 0.491 e. The van der Waals surface area contributed by atoms with E-state index >= 15 is 0 Å². The number of ether oxygens (including phenoxy) is 1. The third kappa shape index (κ3) is 4.74. The van der Waals surface area contributed by atoms with Gasteiger partial charge in [0.25, 0.3) is 5.91 Å². The highest BCUT2D eigenvalue weighted by Crippen LogP contribution is 2.30. The Morgan fingerprint density at radius 1 is 1.00 bits per heavy atom. The monoisotopic (exact) mass is 424 g/mol. The number of para-hydroxylation sites is 1. The van der Waals surface area contributed by atoms with Crippen molar-refractivity contribution in [2.75, 3.05) is 13.2 Å². The number of hydrogen-bond donors (Lipinski definition) is 2. The minimum atomic E-state index is -1.16. The Hall–Kier alpha value is -2.86. The molecule has 6 heteroatoms. The van der Waals surface area contributed by atoms with Crippen molar-refractivity contribution < 1.29 is 19.4 Å². The number of nitrogens with one attached hydrogen (secondary N) is 1. The number of urea groups is 1. The summed E-state index contributed by atoms with van der Waals surface area (Å²) in [7, 11) is 0. The number of carbonyl (C=O) groups is 2. The minimum absolute atomic E-state index is 0.0133. The van der Waals surface area contributed by atoms with Crippen molar-refractivity contribution in [3.8, 4) is 5.75 Å². The van der Waals surface area contributed by atoms with Gasteiger partial charge < -0.3 is 15.2 Å². The van der Waals surface area contributed by atoms with E-state index in [1.54, 1.807) is 6.92 Å². The Kier molecular flexibility index (Phi) is 6.70. The van der Waals surface area contributed by atoms with Gasteiger partial charge in [0, 0.05) is 0 Å². The smallest absolute Gasteiger partial charge is 0.325 e. The fourth-order valence-corrected chi connectivity index (χ4v) is 3.80. The molecule has 0 spiro atoms. The lowest BCUT2D eigenvalue weighted by atomic mass is 9.90. The summed E-state index contributed by atoms with van der Waals surface area (Å²) in [6, 6.07) is 14.8. The van der Waals surface area contributed by atoms with Gasteiger partial charge >= 0.3 is 6.03 Å². The zero-order valence-electron chi connectivity index (χ0n) is 18.9. The quantitative estimate of drug-likeness (QED) is 0.624. The van der Waals surface area contributed by atoms with E-state index in [1.165, 1.54) is 0 Å². The fourth-order valence-electron chi connectivity index (χ4n) is 3.80. The van der Waals surface area contributed by atoms with Crippen LogP contribution in [0.25, 0.3) is 0 Å². The van der Waals surface area contributed by atoms with Crippen LogP contribution in [0.3, 0.4) is 0 Å². The molecule has 166 valence electrons. The van der Waals surface area contributed by atoms with Crippen molar-refractivity contribution in [2.45, 2.75) is 58.1 Å². The van der Waals surface area contributed by atoms with Crippen LogP contribution in [-0.2, 0) is 10.3 Å². The third-order valence-corrected chi connectivity index (χ3v) is 5.80. The van der Waals surface area contributed by atoms with Crippen LogP contribution in [0.4, 0.5) is 4.79 Å². The van der Waals surface area contributed by atoms with Gasteiger partial charge in [0.1, 0.15) is 24.0 Å². The molecule has 2 atom stereocenters. The van der Waals surface area contributed by atoms with E-state index in [-0.39, 0.29) is 25.0 Å². The molecule has 2 aromatic carbocycles. The van der Waals surface area contributed by atoms with E-state index in [0.29, 0.717) is 17.2 Å². The van der Waals surface area contributed by atoms with Gasteiger partial charge in [-0.2, -0.15) is 0 Å². The second kappa shape index (κ2) is 9.10. The van der Waals surface area contributed by atoms with Crippen LogP contribution in [0.2, 0.25) is 0 Å². The number of carbonyl (C=O) groups excluding carboxylic acids is 2. The standard InChI is InChI=1S/C25H32N2O4/c1-16(2)18-10-12-19(13-11-18)25(5)23(29)27(24(30)26-25)14-20(28)15-31-22-9-7-6-8-21(22)17(3)4/h6-13,16-17,20,28H,14-15H2,1-5H3,(H,26,30)/t20-,25-/m1/s1. The maximum absolute atomic E-state index is 13.1. The molecule has 0 radical (unpaired) electrons. The molecule has 0 saturated carbocycles. The van der Waals surface area contributed by atoms with Crippen molar-refractivity contribution in [1.82, 2.24) is 10.2 Å². The Labute approximate surface area is 184 Å². The molecule has 3 rings (SSSR count). The van der Waals surface area contributed by atoms with Gasteiger partial charge in [-0.05, 0) is 41.5 Å². The highest BCUT2D eigenvalue weighted by Gasteiger charge is 2.49. The van der Waals surface area contributed by atoms with Gasteiger partial charge in [-0.3, -0.25) is 9.69 Å². The van der Waals surface area contributed by atoms with Crippen LogP contribution in [0.15, 0.2) is 48.5 Å². The SMILES string of the molecule is CC(C)c1ccc([C@@]2(C)NC(=O)N(C[C@@H](O)COc3ccccc3C(C)C)C2=O)cc1. The summed E-state index contributed by atoms with van der Waals surface area (Å²) < 4.78 is 5.79. The van der Waals surface area contributed by atoms with Crippen LogP contribution in [0, 0.1) is 0 Å². The number of imide groups is 1. The molecule has 0 unspecified atom stereocenters. The zero-order chi connectivity index (χ0) is 22.8. The number of benzene rings is 2. The number of amides is 3. The van der Waals surface area contributed by atoms with Crippen molar-refractivity contribution in [1.29, 1.82) is 0 Å². The lowest BCUT2D eigenvalue weighted by Gasteiger charge is -2.24. The van der Waals surface area contributed by atoms with Gasteiger partial charge in [0.05, 0.1) is 6.54 Å². The molecule has 0 aliphatic carbocycles. The minimum Gasteiger partial charge on any atom is -0.491 e. The van der Waals surface area contributed by atoms with E-state index in [1.807, 2.05) is 48.5 Å². The summed E-state index contributed by atoms with van der Waals surface area (Å²) in [5.41, 5.74) is 1.77. The third-order valence-electron chi connectivity index (χ3n) is 5.80. The summed E-state index contributed by atoms with van der Waals surface area (Å²) in [6.07, 6.45) is -0.999. The van der Waals surface area contributed by atoms with Gasteiger partial charge in [-0.1, -0.05) is 70.2 Å². The summed E-state index contributed by atoms with van der Waals surface area (Å²) in [5.74, 6) is 0.977. The molecule has 3 amide bonds. The second-order valence-corrected chi connectivity index (χ2v) is 8.90. The number of nitrogens with zero attached hydrogens (tertiary/aromatic N) is 1. The molecule has 0 aromatic heterocycles. The van der Waals surface area contributed by atoms with E-state index < -0.39 is 17.7 Å². The van der Waals surface area contributed by atoms with Crippen molar-refractivity contribution in [3.05, 3.63) is 65.2 Å². The van der Waals surface area contributed by atoms with E-state index in [0.717, 1.165) is 16.0 Å². The molecule has 31 heavy (non-hydrogen) atoms. The number of rotatable bonds is 8. The van der Waals surface area contributed by atoms with Crippen LogP contribution < -0.4 is 10.1 Å². The number of hydrogen-bond acceptors (Lipinski definition) is 4. The Morgan fingerprint density at radius 2 is 1.65 bits per heavy atom. The first-order chi connectivity index (χ1) is 14.6. The maximum Gasteiger partial charge on any atom is 0.325 e. The van der Waals surface area contributed by atoms with Crippen molar-refractivity contribution in [2.24, 2.45) is 0 Å². The van der Waals surface area contributed by atoms with Crippen LogP contribution in [-0.4, -0.2) is 41.2 Å². The average molecular weight is 425 g/mol. The van der Waals surface area contributed by atoms with Crippen molar-refractivity contribution >= 4 is 11.9 Å². The molecule has 2 aromatic rings. The Morgan fingerprint density at radius 3 is 2.26 bits per heavy atom. The second-order valence-electron chi connectivity index (χ2n) is 8.90. The summed E-state index contributed by atoms with van der Waals surface area (Å²) in [5, 5.41) is 13.3. The number of aliphatic hydroxyl groups is 1. The van der Waals surface area contributed by atoms with Gasteiger partial charge in [0.15, 0.2) is 0 Å². The summed E-state index contributed by atoms with van der Waals surface area (Å²) in [4.78, 5) is 26.7. The molecule has 1 aliphatic rings. The van der Waals surface area contributed by atoms with Gasteiger partial charge in [0.2, 0.25) is 0 Å². The predicted molar refractivity (Wildman–Crippen MR) is 120 cm³/mol. The molecule has 2 N–H and O–H groups in total. The topological polar surface area (TPSA) is 78.9 Å². The molecule has 1 heterocycles. The fraction of sp³-hybridized carbons (Fsp3) is 0.440. The maximum atomic E-state index is 13.1. The molecular formula is C25H32N2O4. The highest BCUT2D eigenvalue weighted by molar-refractivity contribution is 6.07. The van der Waals surface area contributed by atoms with Crippen LogP contribution in [0.1, 0.15) is 63.1 Å². The van der Waals surface area contributed by atoms with E-state index in [9.17, 15) is 14.7 Å². The summed E-state index contributed by atoms with van der Waals surface area (Å²) in [6.45, 7) is 9.89. The number of β-amino-alcohol motifs (C(OH)–C–C–N with tert-alkyl or cyclic N) is 1. The van der Waals surface area contributed by atoms with Crippen molar-refractivity contribution in [3.63, 3.8) is 0 Å². The molecule has 6 nitrogen and oxygen atoms in total. The summed E-state index contributed by atoms with van der Waals surface area (Å²) >= 11 is 0. The van der Waals surface area contributed by atoms with E-state index in [2.05, 4.69) is 33.0 Å². The predicted octanol–water partition coefficient (Wildman–Crippen LogP) is 4.14. The molecule has 1 saturated heterocycles. The Balaban J connectivity index is 1.67. The first kappa shape index (κ1) is 22.8. The molecule has 1 aliphatic heterocycles. The first-order valence-corrected chi connectivity index (χ1v) is 10.8. The molecular weight excluding hydrogens is 392 g/mol. The number of aliphatic hydroxyl groups excluding tert-OH is 1. The normalized spacial score (nSPS) is 19.8. The highest BCUT2D eigenvalue weighted by atomic mass is 16.5. The zero-order valence-corrected chi connectivity index (χ0v) is 18.9. The first-order valence-electron chi connectivity index (χ1n) is 10.8. The lowest BCUT2D eigenvalue weighted by molar-refractivity contribution is -0.132. The molecule has 0 bridgehead atoms. The van der Waals surface area contributed by atoms with E-state index in [4.69, 9.17) is 4.74 Å². The van der Waals surface area contributed by atoms with Crippen LogP contribution >= 0.6 is 0 Å². The van der Waals surface area contributed by atoms with Crippen LogP contribution in [0.5, 0.6) is 5.75 Å². The average Bonchev–Trinajstić information content (AvgIpc) is 2.96. The van der Waals surface area contributed by atoms with Gasteiger partial charge in [-0.25, -0.2) is 4.79 Å². The molecule has 1 fully saturated rings. The van der Waals surface area contributed by atoms with Gasteiger partial charge in [-0.15, -0.1) is 0 Å². The Bertz CT molecular complexity index is 939.